The van der Waals surface area contributed by atoms with Crippen molar-refractivity contribution in [3.05, 3.63) is 28.3 Å². The third-order valence-electron chi connectivity index (χ3n) is 2.35. The molecule has 1 N–H and O–H groups in total. The Balaban J connectivity index is 2.70. The van der Waals surface area contributed by atoms with Gasteiger partial charge in [-0.05, 0) is 44.3 Å². The van der Waals surface area contributed by atoms with Crippen LogP contribution in [0.5, 0.6) is 5.75 Å². The predicted molar refractivity (Wildman–Crippen MR) is 68.1 cm³/mol. The number of aryl methyl sites for hydroxylation is 1. The van der Waals surface area contributed by atoms with E-state index in [1.807, 2.05) is 26.2 Å². The Hall–Kier alpha value is -0.770. The monoisotopic (exact) mass is 242 g/mol. The molecule has 0 atom stereocenters. The predicted octanol–water partition coefficient (Wildman–Crippen LogP) is 2.27. The average molecular weight is 243 g/mol. The highest BCUT2D eigenvalue weighted by Crippen LogP contribution is 2.27. The first-order valence-electron chi connectivity index (χ1n) is 5.23. The number of halogens is 1. The Morgan fingerprint density at radius 2 is 2.06 bits per heavy atom. The number of ether oxygens (including phenoxy) is 1. The molecule has 1 rings (SSSR count). The summed E-state index contributed by atoms with van der Waals surface area (Å²) in [5.41, 5.74) is 2.39. The van der Waals surface area contributed by atoms with Crippen LogP contribution >= 0.6 is 11.6 Å². The Morgan fingerprint density at radius 1 is 1.38 bits per heavy atom. The molecule has 0 amide bonds. The molecular formula is C12H19ClN2O. The number of rotatable bonds is 5. The normalized spacial score (nSPS) is 10.9. The van der Waals surface area contributed by atoms with Crippen LogP contribution in [-0.4, -0.2) is 32.8 Å². The highest BCUT2D eigenvalue weighted by molar-refractivity contribution is 6.32. The zero-order valence-electron chi connectivity index (χ0n) is 10.3. The summed E-state index contributed by atoms with van der Waals surface area (Å²) in [6.07, 6.45) is 0. The Kier molecular flexibility index (Phi) is 5.06. The second-order valence-electron chi connectivity index (χ2n) is 4.08. The van der Waals surface area contributed by atoms with E-state index in [9.17, 15) is 0 Å². The van der Waals surface area contributed by atoms with E-state index in [0.717, 1.165) is 19.0 Å². The Labute approximate surface area is 102 Å². The summed E-state index contributed by atoms with van der Waals surface area (Å²) in [5, 5.41) is 3.99. The molecule has 0 radical (unpaired) electrons. The van der Waals surface area contributed by atoms with Crippen LogP contribution in [0.15, 0.2) is 12.1 Å². The summed E-state index contributed by atoms with van der Waals surface area (Å²) < 4.78 is 5.16. The van der Waals surface area contributed by atoms with Gasteiger partial charge in [0.1, 0.15) is 5.75 Å². The van der Waals surface area contributed by atoms with Crippen molar-refractivity contribution in [2.45, 2.75) is 13.5 Å². The molecule has 0 spiro atoms. The van der Waals surface area contributed by atoms with Gasteiger partial charge in [-0.2, -0.15) is 0 Å². The Morgan fingerprint density at radius 3 is 2.62 bits per heavy atom. The van der Waals surface area contributed by atoms with E-state index < -0.39 is 0 Å². The average Bonchev–Trinajstić information content (AvgIpc) is 2.22. The maximum absolute atomic E-state index is 6.08. The highest BCUT2D eigenvalue weighted by Gasteiger charge is 2.05. The number of methoxy groups -OCH3 is 1. The molecule has 0 fully saturated rings. The number of nitrogens with zero attached hydrogens (tertiary/aromatic N) is 1. The van der Waals surface area contributed by atoms with Crippen LogP contribution in [0.2, 0.25) is 5.02 Å². The van der Waals surface area contributed by atoms with Crippen molar-refractivity contribution in [3.8, 4) is 5.75 Å². The summed E-state index contributed by atoms with van der Waals surface area (Å²) in [6, 6.07) is 3.92. The molecule has 0 aliphatic rings. The minimum atomic E-state index is 0.662. The summed E-state index contributed by atoms with van der Waals surface area (Å²) in [5.74, 6) is 0.732. The van der Waals surface area contributed by atoms with Crippen LogP contribution in [0.1, 0.15) is 11.1 Å². The molecule has 16 heavy (non-hydrogen) atoms. The second-order valence-corrected chi connectivity index (χ2v) is 4.48. The molecule has 1 aromatic carbocycles. The first-order valence-corrected chi connectivity index (χ1v) is 5.61. The maximum atomic E-state index is 6.08. The molecule has 0 aliphatic heterocycles. The minimum Gasteiger partial charge on any atom is -0.495 e. The van der Waals surface area contributed by atoms with Gasteiger partial charge in [-0.1, -0.05) is 11.6 Å². The third-order valence-corrected chi connectivity index (χ3v) is 2.65. The zero-order chi connectivity index (χ0) is 12.1. The molecule has 90 valence electrons. The van der Waals surface area contributed by atoms with Gasteiger partial charge in [0.05, 0.1) is 12.1 Å². The molecule has 1 aromatic rings. The van der Waals surface area contributed by atoms with Gasteiger partial charge in [-0.15, -0.1) is 0 Å². The van der Waals surface area contributed by atoms with Crippen LogP contribution in [0.4, 0.5) is 0 Å². The van der Waals surface area contributed by atoms with Gasteiger partial charge in [-0.25, -0.2) is 0 Å². The van der Waals surface area contributed by atoms with Crippen molar-refractivity contribution in [2.75, 3.05) is 27.9 Å². The molecule has 0 aliphatic carbocycles. The van der Waals surface area contributed by atoms with Gasteiger partial charge in [0, 0.05) is 13.2 Å². The molecular weight excluding hydrogens is 224 g/mol. The number of hydrogen-bond acceptors (Lipinski definition) is 3. The van der Waals surface area contributed by atoms with Crippen molar-refractivity contribution in [1.29, 1.82) is 0 Å². The first kappa shape index (κ1) is 13.3. The topological polar surface area (TPSA) is 24.5 Å². The first-order chi connectivity index (χ1) is 7.54. The number of benzene rings is 1. The SMILES string of the molecule is COc1cc(C)c(CNCN(C)C)cc1Cl. The van der Waals surface area contributed by atoms with E-state index in [-0.39, 0.29) is 0 Å². The molecule has 0 unspecified atom stereocenters. The lowest BCUT2D eigenvalue weighted by atomic mass is 10.1. The molecule has 4 heteroatoms. The van der Waals surface area contributed by atoms with Gasteiger partial charge >= 0.3 is 0 Å². The zero-order valence-corrected chi connectivity index (χ0v) is 11.1. The fraction of sp³-hybridized carbons (Fsp3) is 0.500. The van der Waals surface area contributed by atoms with E-state index in [1.165, 1.54) is 11.1 Å². The highest BCUT2D eigenvalue weighted by atomic mass is 35.5. The van der Waals surface area contributed by atoms with Crippen molar-refractivity contribution in [3.63, 3.8) is 0 Å². The molecule has 3 nitrogen and oxygen atoms in total. The van der Waals surface area contributed by atoms with Crippen molar-refractivity contribution < 1.29 is 4.74 Å². The lowest BCUT2D eigenvalue weighted by Crippen LogP contribution is -2.27. The van der Waals surface area contributed by atoms with Crippen molar-refractivity contribution in [1.82, 2.24) is 10.2 Å². The lowest BCUT2D eigenvalue weighted by molar-refractivity contribution is 0.367. The minimum absolute atomic E-state index is 0.662. The van der Waals surface area contributed by atoms with Gasteiger partial charge in [-0.3, -0.25) is 4.90 Å². The molecule has 0 bridgehead atoms. The Bertz CT molecular complexity index is 353. The van der Waals surface area contributed by atoms with Crippen molar-refractivity contribution >= 4 is 11.6 Å². The van der Waals surface area contributed by atoms with Crippen LogP contribution < -0.4 is 10.1 Å². The molecule has 0 heterocycles. The fourth-order valence-electron chi connectivity index (χ4n) is 1.46. The summed E-state index contributed by atoms with van der Waals surface area (Å²) in [4.78, 5) is 2.08. The van der Waals surface area contributed by atoms with Crippen LogP contribution in [0.25, 0.3) is 0 Å². The third kappa shape index (κ3) is 3.67. The van der Waals surface area contributed by atoms with Gasteiger partial charge < -0.3 is 10.1 Å². The van der Waals surface area contributed by atoms with E-state index in [2.05, 4.69) is 17.1 Å². The summed E-state index contributed by atoms with van der Waals surface area (Å²) >= 11 is 6.08. The van der Waals surface area contributed by atoms with Gasteiger partial charge in [0.2, 0.25) is 0 Å². The van der Waals surface area contributed by atoms with Gasteiger partial charge in [0.25, 0.3) is 0 Å². The number of hydrogen-bond donors (Lipinski definition) is 1. The molecule has 0 aromatic heterocycles. The van der Waals surface area contributed by atoms with Crippen molar-refractivity contribution in [2.24, 2.45) is 0 Å². The molecule has 0 saturated heterocycles. The van der Waals surface area contributed by atoms with E-state index in [4.69, 9.17) is 16.3 Å². The number of nitrogens with one attached hydrogen (secondary N) is 1. The van der Waals surface area contributed by atoms with E-state index >= 15 is 0 Å². The largest absolute Gasteiger partial charge is 0.495 e. The lowest BCUT2D eigenvalue weighted by Gasteiger charge is -2.14. The summed E-state index contributed by atoms with van der Waals surface area (Å²) in [6.45, 7) is 3.72. The van der Waals surface area contributed by atoms with E-state index in [0.29, 0.717) is 5.02 Å². The van der Waals surface area contributed by atoms with Crippen LogP contribution in [0.3, 0.4) is 0 Å². The van der Waals surface area contributed by atoms with Crippen LogP contribution in [-0.2, 0) is 6.54 Å². The van der Waals surface area contributed by atoms with E-state index in [1.54, 1.807) is 7.11 Å². The second kappa shape index (κ2) is 6.09. The van der Waals surface area contributed by atoms with Gasteiger partial charge in [0.15, 0.2) is 0 Å². The quantitative estimate of drug-likeness (QED) is 0.802. The summed E-state index contributed by atoms with van der Waals surface area (Å²) in [7, 11) is 5.69. The van der Waals surface area contributed by atoms with Crippen LogP contribution in [0, 0.1) is 6.92 Å². The standard InChI is InChI=1S/C12H19ClN2O/c1-9-5-12(16-4)11(13)6-10(9)7-14-8-15(2)3/h5-6,14H,7-8H2,1-4H3. The maximum Gasteiger partial charge on any atom is 0.137 e. The fourth-order valence-corrected chi connectivity index (χ4v) is 1.72. The smallest absolute Gasteiger partial charge is 0.137 e. The molecule has 0 saturated carbocycles.